The summed E-state index contributed by atoms with van der Waals surface area (Å²) in [6, 6.07) is 15.9. The van der Waals surface area contributed by atoms with Gasteiger partial charge in [-0.1, -0.05) is 70.0 Å². The first-order valence-corrected chi connectivity index (χ1v) is 9.79. The highest BCUT2D eigenvalue weighted by Crippen LogP contribution is 2.20. The van der Waals surface area contributed by atoms with Gasteiger partial charge in [0.2, 0.25) is 17.6 Å². The first-order valence-electron chi connectivity index (χ1n) is 8.99. The lowest BCUT2D eigenvalue weighted by molar-refractivity contribution is -0.121. The Bertz CT molecular complexity index is 889. The number of aromatic nitrogens is 2. The third-order valence-corrected chi connectivity index (χ3v) is 4.89. The Morgan fingerprint density at radius 3 is 2.52 bits per heavy atom. The molecule has 6 heteroatoms. The highest BCUT2D eigenvalue weighted by atomic mass is 79.9. The quantitative estimate of drug-likeness (QED) is 0.575. The van der Waals surface area contributed by atoms with E-state index in [4.69, 9.17) is 4.52 Å². The molecule has 1 unspecified atom stereocenters. The molecule has 0 fully saturated rings. The van der Waals surface area contributed by atoms with Crippen molar-refractivity contribution in [2.75, 3.05) is 0 Å². The SMILES string of the molecule is CCC(NC(=O)CCc1nc(-c2ccc(C)cc2)no1)c1ccc(Br)cc1. The van der Waals surface area contributed by atoms with Crippen molar-refractivity contribution in [2.45, 2.75) is 39.2 Å². The van der Waals surface area contributed by atoms with Crippen molar-refractivity contribution in [3.05, 3.63) is 70.0 Å². The van der Waals surface area contributed by atoms with Gasteiger partial charge in [-0.2, -0.15) is 4.98 Å². The number of amides is 1. The molecule has 3 aromatic rings. The standard InChI is InChI=1S/C21H22BrN3O2/c1-3-18(15-8-10-17(22)11-9-15)23-19(26)12-13-20-24-21(25-27-20)16-6-4-14(2)5-7-16/h4-11,18H,3,12-13H2,1-2H3,(H,23,26). The molecule has 1 atom stereocenters. The Morgan fingerprint density at radius 1 is 1.15 bits per heavy atom. The molecule has 1 amide bonds. The number of nitrogens with zero attached hydrogens (tertiary/aromatic N) is 2. The number of carbonyl (C=O) groups is 1. The summed E-state index contributed by atoms with van der Waals surface area (Å²) in [7, 11) is 0. The predicted octanol–water partition coefficient (Wildman–Crippen LogP) is 5.01. The van der Waals surface area contributed by atoms with E-state index in [1.807, 2.05) is 55.5 Å². The van der Waals surface area contributed by atoms with E-state index in [2.05, 4.69) is 38.3 Å². The van der Waals surface area contributed by atoms with E-state index in [0.717, 1.165) is 22.0 Å². The molecular formula is C21H22BrN3O2. The van der Waals surface area contributed by atoms with Gasteiger partial charge in [0.1, 0.15) is 0 Å². The van der Waals surface area contributed by atoms with Gasteiger partial charge in [-0.25, -0.2) is 0 Å². The molecule has 0 aliphatic rings. The maximum absolute atomic E-state index is 12.3. The average molecular weight is 428 g/mol. The Hall–Kier alpha value is -2.47. The van der Waals surface area contributed by atoms with Crippen molar-refractivity contribution in [3.8, 4) is 11.4 Å². The summed E-state index contributed by atoms with van der Waals surface area (Å²) < 4.78 is 6.30. The van der Waals surface area contributed by atoms with Gasteiger partial charge in [0.15, 0.2) is 0 Å². The van der Waals surface area contributed by atoms with Crippen LogP contribution in [-0.4, -0.2) is 16.0 Å². The minimum absolute atomic E-state index is 0.00333. The molecule has 1 heterocycles. The van der Waals surface area contributed by atoms with Crippen LogP contribution in [0.25, 0.3) is 11.4 Å². The van der Waals surface area contributed by atoms with Crippen LogP contribution in [0, 0.1) is 6.92 Å². The van der Waals surface area contributed by atoms with E-state index in [-0.39, 0.29) is 11.9 Å². The summed E-state index contributed by atoms with van der Waals surface area (Å²) in [5, 5.41) is 7.08. The Labute approximate surface area is 167 Å². The maximum Gasteiger partial charge on any atom is 0.227 e. The molecule has 0 aliphatic carbocycles. The molecule has 0 bridgehead atoms. The van der Waals surface area contributed by atoms with Gasteiger partial charge in [0.05, 0.1) is 6.04 Å². The Morgan fingerprint density at radius 2 is 1.85 bits per heavy atom. The topological polar surface area (TPSA) is 68.0 Å². The number of halogens is 1. The third-order valence-electron chi connectivity index (χ3n) is 4.36. The first-order chi connectivity index (χ1) is 13.0. The fraction of sp³-hybridized carbons (Fsp3) is 0.286. The Balaban J connectivity index is 1.55. The minimum atomic E-state index is -0.0279. The van der Waals surface area contributed by atoms with E-state index >= 15 is 0 Å². The van der Waals surface area contributed by atoms with Gasteiger partial charge < -0.3 is 9.84 Å². The fourth-order valence-electron chi connectivity index (χ4n) is 2.78. The lowest BCUT2D eigenvalue weighted by Gasteiger charge is -2.17. The second kappa shape index (κ2) is 8.95. The molecule has 0 saturated heterocycles. The lowest BCUT2D eigenvalue weighted by Crippen LogP contribution is -2.28. The zero-order valence-electron chi connectivity index (χ0n) is 15.4. The van der Waals surface area contributed by atoms with E-state index in [1.165, 1.54) is 5.56 Å². The molecule has 1 aromatic heterocycles. The Kier molecular flexibility index (Phi) is 6.40. The number of benzene rings is 2. The highest BCUT2D eigenvalue weighted by molar-refractivity contribution is 9.10. The fourth-order valence-corrected chi connectivity index (χ4v) is 3.04. The van der Waals surface area contributed by atoms with Crippen molar-refractivity contribution in [1.82, 2.24) is 15.5 Å². The van der Waals surface area contributed by atoms with Crippen LogP contribution in [-0.2, 0) is 11.2 Å². The first kappa shape index (κ1) is 19.3. The zero-order valence-corrected chi connectivity index (χ0v) is 17.0. The van der Waals surface area contributed by atoms with Crippen LogP contribution in [0.15, 0.2) is 57.5 Å². The summed E-state index contributed by atoms with van der Waals surface area (Å²) in [4.78, 5) is 16.7. The number of nitrogens with one attached hydrogen (secondary N) is 1. The number of hydrogen-bond donors (Lipinski definition) is 1. The van der Waals surface area contributed by atoms with Gasteiger partial charge in [-0.3, -0.25) is 4.79 Å². The van der Waals surface area contributed by atoms with Crippen molar-refractivity contribution in [2.24, 2.45) is 0 Å². The number of carbonyl (C=O) groups excluding carboxylic acids is 1. The molecule has 2 aromatic carbocycles. The second-order valence-electron chi connectivity index (χ2n) is 6.46. The summed E-state index contributed by atoms with van der Waals surface area (Å²) in [6.45, 7) is 4.08. The molecule has 3 rings (SSSR count). The molecule has 5 nitrogen and oxygen atoms in total. The highest BCUT2D eigenvalue weighted by Gasteiger charge is 2.15. The van der Waals surface area contributed by atoms with E-state index in [0.29, 0.717) is 24.6 Å². The zero-order chi connectivity index (χ0) is 19.2. The number of rotatable bonds is 7. The van der Waals surface area contributed by atoms with Crippen LogP contribution in [0.1, 0.15) is 42.8 Å². The summed E-state index contributed by atoms with van der Waals surface area (Å²) in [5.74, 6) is 0.990. The molecule has 0 radical (unpaired) electrons. The van der Waals surface area contributed by atoms with Gasteiger partial charge in [-0.15, -0.1) is 0 Å². The third kappa shape index (κ3) is 5.26. The van der Waals surface area contributed by atoms with Crippen LogP contribution in [0.4, 0.5) is 0 Å². The molecular weight excluding hydrogens is 406 g/mol. The van der Waals surface area contributed by atoms with Crippen LogP contribution in [0.2, 0.25) is 0 Å². The molecule has 0 aliphatic heterocycles. The number of aryl methyl sites for hydroxylation is 2. The van der Waals surface area contributed by atoms with E-state index in [9.17, 15) is 4.79 Å². The molecule has 1 N–H and O–H groups in total. The van der Waals surface area contributed by atoms with Crippen molar-refractivity contribution in [1.29, 1.82) is 0 Å². The molecule has 0 spiro atoms. The number of hydrogen-bond acceptors (Lipinski definition) is 4. The summed E-state index contributed by atoms with van der Waals surface area (Å²) in [6.07, 6.45) is 1.55. The molecule has 140 valence electrons. The van der Waals surface area contributed by atoms with Crippen molar-refractivity contribution >= 4 is 21.8 Å². The van der Waals surface area contributed by atoms with Gasteiger partial charge >= 0.3 is 0 Å². The van der Waals surface area contributed by atoms with Crippen LogP contribution < -0.4 is 5.32 Å². The van der Waals surface area contributed by atoms with E-state index in [1.54, 1.807) is 0 Å². The maximum atomic E-state index is 12.3. The predicted molar refractivity (Wildman–Crippen MR) is 108 cm³/mol. The normalized spacial score (nSPS) is 12.0. The molecule has 27 heavy (non-hydrogen) atoms. The van der Waals surface area contributed by atoms with Gasteiger partial charge in [0, 0.05) is 22.9 Å². The van der Waals surface area contributed by atoms with Crippen molar-refractivity contribution in [3.63, 3.8) is 0 Å². The van der Waals surface area contributed by atoms with Crippen LogP contribution in [0.3, 0.4) is 0 Å². The van der Waals surface area contributed by atoms with Crippen molar-refractivity contribution < 1.29 is 9.32 Å². The van der Waals surface area contributed by atoms with Gasteiger partial charge in [-0.05, 0) is 31.0 Å². The monoisotopic (exact) mass is 427 g/mol. The smallest absolute Gasteiger partial charge is 0.227 e. The summed E-state index contributed by atoms with van der Waals surface area (Å²) in [5.41, 5.74) is 3.17. The molecule has 0 saturated carbocycles. The van der Waals surface area contributed by atoms with Gasteiger partial charge in [0.25, 0.3) is 0 Å². The second-order valence-corrected chi connectivity index (χ2v) is 7.37. The van der Waals surface area contributed by atoms with Crippen LogP contribution in [0.5, 0.6) is 0 Å². The minimum Gasteiger partial charge on any atom is -0.349 e. The largest absolute Gasteiger partial charge is 0.349 e. The summed E-state index contributed by atoms with van der Waals surface area (Å²) >= 11 is 3.43. The van der Waals surface area contributed by atoms with Crippen LogP contribution >= 0.6 is 15.9 Å². The lowest BCUT2D eigenvalue weighted by atomic mass is 10.0. The van der Waals surface area contributed by atoms with E-state index < -0.39 is 0 Å². The average Bonchev–Trinajstić information content (AvgIpc) is 3.15.